The number of rotatable bonds is 2. The van der Waals surface area contributed by atoms with E-state index >= 15 is 0 Å². The Bertz CT molecular complexity index is 353. The lowest BCUT2D eigenvalue weighted by molar-refractivity contribution is 0.253. The van der Waals surface area contributed by atoms with Gasteiger partial charge >= 0.3 is 0 Å². The summed E-state index contributed by atoms with van der Waals surface area (Å²) in [5.41, 5.74) is 5.56. The Balaban J connectivity index is 2.03. The van der Waals surface area contributed by atoms with Gasteiger partial charge in [0.2, 0.25) is 5.95 Å². The van der Waals surface area contributed by atoms with Crippen LogP contribution in [-0.4, -0.2) is 16.0 Å². The predicted octanol–water partition coefficient (Wildman–Crippen LogP) is 2.30. The molecule has 1 saturated carbocycles. The normalized spacial score (nSPS) is 30.0. The molecule has 0 saturated heterocycles. The van der Waals surface area contributed by atoms with Crippen LogP contribution in [0, 0.1) is 11.8 Å². The van der Waals surface area contributed by atoms with E-state index in [9.17, 15) is 0 Å². The van der Waals surface area contributed by atoms with Crippen LogP contribution in [0.25, 0.3) is 0 Å². The first-order valence-corrected chi connectivity index (χ1v) is 6.02. The lowest BCUT2D eigenvalue weighted by Gasteiger charge is -2.34. The zero-order chi connectivity index (χ0) is 11.5. The van der Waals surface area contributed by atoms with E-state index < -0.39 is 0 Å². The molecule has 1 aromatic rings. The number of nitrogens with two attached hydrogens (primary N) is 1. The van der Waals surface area contributed by atoms with Gasteiger partial charge in [-0.15, -0.1) is 0 Å². The average molecular weight is 220 g/mol. The van der Waals surface area contributed by atoms with Crippen molar-refractivity contribution >= 4 is 11.8 Å². The molecule has 0 amide bonds. The molecule has 1 heterocycles. The van der Waals surface area contributed by atoms with Gasteiger partial charge in [-0.05, 0) is 24.3 Å². The predicted molar refractivity (Wildman–Crippen MR) is 66.0 cm³/mol. The van der Waals surface area contributed by atoms with Crippen LogP contribution in [0.2, 0.25) is 0 Å². The number of nitrogens with zero attached hydrogens (tertiary/aromatic N) is 2. The summed E-state index contributed by atoms with van der Waals surface area (Å²) in [7, 11) is 0. The Labute approximate surface area is 96.7 Å². The van der Waals surface area contributed by atoms with Gasteiger partial charge in [0, 0.05) is 12.2 Å². The number of nitrogens with one attached hydrogen (secondary N) is 1. The number of anilines is 2. The minimum Gasteiger partial charge on any atom is -0.368 e. The third-order valence-electron chi connectivity index (χ3n) is 3.71. The Morgan fingerprint density at radius 3 is 2.94 bits per heavy atom. The van der Waals surface area contributed by atoms with Crippen LogP contribution in [-0.2, 0) is 0 Å². The monoisotopic (exact) mass is 220 g/mol. The fourth-order valence-electron chi connectivity index (χ4n) is 2.43. The van der Waals surface area contributed by atoms with E-state index in [0.717, 1.165) is 11.7 Å². The summed E-state index contributed by atoms with van der Waals surface area (Å²) >= 11 is 0. The number of hydrogen-bond acceptors (Lipinski definition) is 4. The maximum Gasteiger partial charge on any atom is 0.221 e. The summed E-state index contributed by atoms with van der Waals surface area (Å²) in [5, 5.41) is 3.47. The summed E-state index contributed by atoms with van der Waals surface area (Å²) in [6.45, 7) is 4.64. The minimum absolute atomic E-state index is 0.335. The third-order valence-corrected chi connectivity index (χ3v) is 3.71. The van der Waals surface area contributed by atoms with Crippen molar-refractivity contribution in [2.45, 2.75) is 39.2 Å². The van der Waals surface area contributed by atoms with Gasteiger partial charge in [0.05, 0.1) is 0 Å². The molecule has 1 aliphatic rings. The number of aromatic nitrogens is 2. The lowest BCUT2D eigenvalue weighted by Crippen LogP contribution is -2.35. The molecule has 0 spiro atoms. The van der Waals surface area contributed by atoms with Gasteiger partial charge in [0.1, 0.15) is 5.82 Å². The second-order valence-electron chi connectivity index (χ2n) is 4.82. The van der Waals surface area contributed by atoms with Crippen LogP contribution in [0.5, 0.6) is 0 Å². The van der Waals surface area contributed by atoms with Crippen molar-refractivity contribution < 1.29 is 0 Å². The molecule has 2 rings (SSSR count). The van der Waals surface area contributed by atoms with Gasteiger partial charge in [-0.2, -0.15) is 4.98 Å². The molecule has 1 fully saturated rings. The molecule has 3 atom stereocenters. The van der Waals surface area contributed by atoms with Crippen molar-refractivity contribution in [3.05, 3.63) is 12.3 Å². The molecule has 1 aliphatic carbocycles. The van der Waals surface area contributed by atoms with E-state index in [1.165, 1.54) is 19.3 Å². The summed E-state index contributed by atoms with van der Waals surface area (Å²) in [5.74, 6) is 2.65. The quantitative estimate of drug-likeness (QED) is 0.802. The summed E-state index contributed by atoms with van der Waals surface area (Å²) < 4.78 is 0. The highest BCUT2D eigenvalue weighted by atomic mass is 15.1. The van der Waals surface area contributed by atoms with Gasteiger partial charge in [0.25, 0.3) is 0 Å². The molecule has 0 bridgehead atoms. The minimum atomic E-state index is 0.335. The van der Waals surface area contributed by atoms with Crippen molar-refractivity contribution in [2.24, 2.45) is 11.8 Å². The molecule has 4 heteroatoms. The first kappa shape index (κ1) is 11.2. The second kappa shape index (κ2) is 4.68. The van der Waals surface area contributed by atoms with Crippen LogP contribution in [0.1, 0.15) is 33.1 Å². The van der Waals surface area contributed by atoms with Crippen LogP contribution in [0.15, 0.2) is 12.3 Å². The van der Waals surface area contributed by atoms with E-state index in [0.29, 0.717) is 17.9 Å². The van der Waals surface area contributed by atoms with E-state index in [-0.39, 0.29) is 0 Å². The smallest absolute Gasteiger partial charge is 0.221 e. The Morgan fingerprint density at radius 2 is 2.19 bits per heavy atom. The fourth-order valence-corrected chi connectivity index (χ4v) is 2.43. The van der Waals surface area contributed by atoms with Gasteiger partial charge in [-0.25, -0.2) is 4.98 Å². The van der Waals surface area contributed by atoms with E-state index in [4.69, 9.17) is 5.73 Å². The van der Waals surface area contributed by atoms with Crippen LogP contribution in [0.4, 0.5) is 11.8 Å². The van der Waals surface area contributed by atoms with Gasteiger partial charge in [-0.1, -0.05) is 26.7 Å². The Hall–Kier alpha value is -1.32. The topological polar surface area (TPSA) is 63.8 Å². The molecule has 1 aromatic heterocycles. The van der Waals surface area contributed by atoms with Gasteiger partial charge < -0.3 is 11.1 Å². The standard InChI is InChI=1S/C12H20N4/c1-8-4-3-5-10(9(8)2)15-11-6-7-14-12(13)16-11/h6-10H,3-5H2,1-2H3,(H3,13,14,15,16). The molecular weight excluding hydrogens is 200 g/mol. The third kappa shape index (κ3) is 2.43. The number of nitrogen functional groups attached to an aromatic ring is 1. The summed E-state index contributed by atoms with van der Waals surface area (Å²) in [6.07, 6.45) is 5.55. The van der Waals surface area contributed by atoms with Crippen molar-refractivity contribution in [3.8, 4) is 0 Å². The summed E-state index contributed by atoms with van der Waals surface area (Å²) in [4.78, 5) is 8.08. The van der Waals surface area contributed by atoms with Gasteiger partial charge in [0.15, 0.2) is 0 Å². The molecule has 0 aliphatic heterocycles. The first-order valence-electron chi connectivity index (χ1n) is 6.02. The number of hydrogen-bond donors (Lipinski definition) is 2. The first-order chi connectivity index (χ1) is 7.66. The molecular formula is C12H20N4. The Kier molecular flexibility index (Phi) is 3.27. The van der Waals surface area contributed by atoms with Crippen molar-refractivity contribution in [1.29, 1.82) is 0 Å². The molecule has 0 radical (unpaired) electrons. The molecule has 3 unspecified atom stereocenters. The van der Waals surface area contributed by atoms with Gasteiger partial charge in [-0.3, -0.25) is 0 Å². The molecule has 3 N–H and O–H groups in total. The molecule has 16 heavy (non-hydrogen) atoms. The van der Waals surface area contributed by atoms with E-state index in [1.807, 2.05) is 6.07 Å². The Morgan fingerprint density at radius 1 is 1.38 bits per heavy atom. The summed E-state index contributed by atoms with van der Waals surface area (Å²) in [6, 6.07) is 2.39. The van der Waals surface area contributed by atoms with Crippen LogP contribution < -0.4 is 11.1 Å². The highest BCUT2D eigenvalue weighted by Gasteiger charge is 2.26. The zero-order valence-corrected chi connectivity index (χ0v) is 9.98. The SMILES string of the molecule is CC1CCCC(Nc2ccnc(N)n2)C1C. The van der Waals surface area contributed by atoms with Crippen molar-refractivity contribution in [1.82, 2.24) is 9.97 Å². The van der Waals surface area contributed by atoms with Crippen LogP contribution in [0.3, 0.4) is 0 Å². The fraction of sp³-hybridized carbons (Fsp3) is 0.667. The van der Waals surface area contributed by atoms with E-state index in [2.05, 4.69) is 29.1 Å². The average Bonchev–Trinajstić information content (AvgIpc) is 2.25. The second-order valence-corrected chi connectivity index (χ2v) is 4.82. The maximum absolute atomic E-state index is 5.56. The highest BCUT2D eigenvalue weighted by Crippen LogP contribution is 2.31. The van der Waals surface area contributed by atoms with Crippen LogP contribution >= 0.6 is 0 Å². The maximum atomic E-state index is 5.56. The zero-order valence-electron chi connectivity index (χ0n) is 9.98. The lowest BCUT2D eigenvalue weighted by atomic mass is 9.78. The van der Waals surface area contributed by atoms with Crippen molar-refractivity contribution in [3.63, 3.8) is 0 Å². The molecule has 0 aromatic carbocycles. The largest absolute Gasteiger partial charge is 0.368 e. The van der Waals surface area contributed by atoms with E-state index in [1.54, 1.807) is 6.20 Å². The van der Waals surface area contributed by atoms with Crippen molar-refractivity contribution in [2.75, 3.05) is 11.1 Å². The highest BCUT2D eigenvalue weighted by molar-refractivity contribution is 5.38. The molecule has 88 valence electrons. The molecule has 4 nitrogen and oxygen atoms in total.